The quantitative estimate of drug-likeness (QED) is 0.840. The minimum Gasteiger partial charge on any atom is -0.477 e. The molecule has 0 bridgehead atoms. The number of rotatable bonds is 4. The van der Waals surface area contributed by atoms with E-state index in [2.05, 4.69) is 4.90 Å². The zero-order chi connectivity index (χ0) is 13.6. The number of Topliss-reactive ketones (excluding diaryl/α,β-unsaturated/α-hetero) is 1. The standard InChI is InChI=1S/C14H18N2O3/c1-9(17)10-6-13(14(18)19)16(7-10)12-4-5-15(8-12)11-2-3-11/h6-7,11-12H,2-5,8H2,1H3,(H,18,19). The lowest BCUT2D eigenvalue weighted by molar-refractivity contribution is 0.0682. The molecule has 0 radical (unpaired) electrons. The molecule has 3 rings (SSSR count). The minimum atomic E-state index is -0.961. The first kappa shape index (κ1) is 12.4. The van der Waals surface area contributed by atoms with Gasteiger partial charge < -0.3 is 9.67 Å². The molecule has 1 atom stereocenters. The summed E-state index contributed by atoms with van der Waals surface area (Å²) in [6.45, 7) is 3.40. The van der Waals surface area contributed by atoms with Gasteiger partial charge in [-0.25, -0.2) is 4.79 Å². The number of likely N-dealkylation sites (tertiary alicyclic amines) is 1. The Bertz CT molecular complexity index is 531. The van der Waals surface area contributed by atoms with E-state index in [4.69, 9.17) is 0 Å². The van der Waals surface area contributed by atoms with Gasteiger partial charge in [0.15, 0.2) is 5.78 Å². The molecule has 1 aromatic rings. The summed E-state index contributed by atoms with van der Waals surface area (Å²) >= 11 is 0. The van der Waals surface area contributed by atoms with E-state index in [1.165, 1.54) is 25.8 Å². The van der Waals surface area contributed by atoms with Crippen molar-refractivity contribution in [3.63, 3.8) is 0 Å². The smallest absolute Gasteiger partial charge is 0.352 e. The Morgan fingerprint density at radius 2 is 2.00 bits per heavy atom. The molecule has 1 unspecified atom stereocenters. The lowest BCUT2D eigenvalue weighted by Crippen LogP contribution is -2.24. The van der Waals surface area contributed by atoms with Gasteiger partial charge >= 0.3 is 5.97 Å². The van der Waals surface area contributed by atoms with Gasteiger partial charge in [-0.05, 0) is 32.3 Å². The van der Waals surface area contributed by atoms with Crippen LogP contribution < -0.4 is 0 Å². The van der Waals surface area contributed by atoms with Crippen LogP contribution in [0.3, 0.4) is 0 Å². The second-order valence-electron chi connectivity index (χ2n) is 5.55. The summed E-state index contributed by atoms with van der Waals surface area (Å²) in [4.78, 5) is 25.1. The molecule has 1 saturated carbocycles. The third-order valence-corrected chi connectivity index (χ3v) is 4.13. The Morgan fingerprint density at radius 3 is 2.58 bits per heavy atom. The first-order valence-electron chi connectivity index (χ1n) is 6.76. The minimum absolute atomic E-state index is 0.0849. The molecule has 2 aliphatic rings. The maximum atomic E-state index is 11.4. The van der Waals surface area contributed by atoms with E-state index in [0.29, 0.717) is 11.6 Å². The van der Waals surface area contributed by atoms with Crippen LogP contribution in [0.4, 0.5) is 0 Å². The van der Waals surface area contributed by atoms with Crippen molar-refractivity contribution in [3.8, 4) is 0 Å². The van der Waals surface area contributed by atoms with Crippen molar-refractivity contribution in [2.45, 2.75) is 38.3 Å². The molecule has 1 aliphatic carbocycles. The van der Waals surface area contributed by atoms with E-state index in [1.807, 2.05) is 0 Å². The summed E-state index contributed by atoms with van der Waals surface area (Å²) in [5.41, 5.74) is 0.718. The van der Waals surface area contributed by atoms with Crippen molar-refractivity contribution in [1.82, 2.24) is 9.47 Å². The average molecular weight is 262 g/mol. The lowest BCUT2D eigenvalue weighted by atomic mass is 10.2. The maximum absolute atomic E-state index is 11.4. The van der Waals surface area contributed by atoms with Crippen LogP contribution in [-0.2, 0) is 0 Å². The molecule has 1 N–H and O–H groups in total. The van der Waals surface area contributed by atoms with Crippen LogP contribution in [-0.4, -0.2) is 45.5 Å². The molecule has 1 aliphatic heterocycles. The SMILES string of the molecule is CC(=O)c1cc(C(=O)O)n(C2CCN(C3CC3)C2)c1. The monoisotopic (exact) mass is 262 g/mol. The van der Waals surface area contributed by atoms with Gasteiger partial charge in [-0.1, -0.05) is 0 Å². The Morgan fingerprint density at radius 1 is 1.26 bits per heavy atom. The highest BCUT2D eigenvalue weighted by molar-refractivity contribution is 5.97. The first-order chi connectivity index (χ1) is 9.06. The number of aromatic nitrogens is 1. The van der Waals surface area contributed by atoms with Crippen molar-refractivity contribution in [2.24, 2.45) is 0 Å². The van der Waals surface area contributed by atoms with Crippen LogP contribution in [0.5, 0.6) is 0 Å². The highest BCUT2D eigenvalue weighted by Crippen LogP contribution is 2.34. The van der Waals surface area contributed by atoms with Crippen LogP contribution in [0.1, 0.15) is 53.1 Å². The number of hydrogen-bond donors (Lipinski definition) is 1. The van der Waals surface area contributed by atoms with Crippen molar-refractivity contribution in [2.75, 3.05) is 13.1 Å². The van der Waals surface area contributed by atoms with Gasteiger partial charge in [0.2, 0.25) is 0 Å². The van der Waals surface area contributed by atoms with E-state index < -0.39 is 5.97 Å². The van der Waals surface area contributed by atoms with Gasteiger partial charge in [-0.15, -0.1) is 0 Å². The predicted molar refractivity (Wildman–Crippen MR) is 69.6 cm³/mol. The van der Waals surface area contributed by atoms with Gasteiger partial charge in [0.1, 0.15) is 5.69 Å². The number of ketones is 1. The summed E-state index contributed by atoms with van der Waals surface area (Å²) in [6, 6.07) is 2.38. The molecule has 2 heterocycles. The molecule has 0 spiro atoms. The number of carbonyl (C=O) groups excluding carboxylic acids is 1. The zero-order valence-corrected chi connectivity index (χ0v) is 11.0. The fourth-order valence-electron chi connectivity index (χ4n) is 2.91. The van der Waals surface area contributed by atoms with E-state index in [9.17, 15) is 14.7 Å². The largest absolute Gasteiger partial charge is 0.477 e. The van der Waals surface area contributed by atoms with Gasteiger partial charge in [-0.2, -0.15) is 0 Å². The number of carbonyl (C=O) groups is 2. The molecule has 0 amide bonds. The second kappa shape index (κ2) is 4.49. The predicted octanol–water partition coefficient (Wildman–Crippen LogP) is 1.80. The molecule has 1 saturated heterocycles. The van der Waals surface area contributed by atoms with E-state index >= 15 is 0 Å². The molecular formula is C14H18N2O3. The van der Waals surface area contributed by atoms with Gasteiger partial charge in [-0.3, -0.25) is 9.69 Å². The second-order valence-corrected chi connectivity index (χ2v) is 5.55. The van der Waals surface area contributed by atoms with E-state index in [0.717, 1.165) is 19.5 Å². The molecular weight excluding hydrogens is 244 g/mol. The molecule has 1 aromatic heterocycles. The average Bonchev–Trinajstić information content (AvgIpc) is 2.93. The van der Waals surface area contributed by atoms with Gasteiger partial charge in [0.25, 0.3) is 0 Å². The number of aromatic carboxylic acids is 1. The molecule has 0 aromatic carbocycles. The Balaban J connectivity index is 1.86. The summed E-state index contributed by atoms with van der Waals surface area (Å²) < 4.78 is 1.78. The number of carboxylic acid groups (broad SMARTS) is 1. The highest BCUT2D eigenvalue weighted by atomic mass is 16.4. The van der Waals surface area contributed by atoms with Crippen molar-refractivity contribution >= 4 is 11.8 Å². The number of carboxylic acids is 1. The van der Waals surface area contributed by atoms with Crippen LogP contribution >= 0.6 is 0 Å². The lowest BCUT2D eigenvalue weighted by Gasteiger charge is -2.17. The number of nitrogens with zero attached hydrogens (tertiary/aromatic N) is 2. The Kier molecular flexibility index (Phi) is 2.93. The van der Waals surface area contributed by atoms with Crippen molar-refractivity contribution in [3.05, 3.63) is 23.5 Å². The normalized spacial score (nSPS) is 23.7. The summed E-state index contributed by atoms with van der Waals surface area (Å²) in [7, 11) is 0. The fourth-order valence-corrected chi connectivity index (χ4v) is 2.91. The van der Waals surface area contributed by atoms with E-state index in [1.54, 1.807) is 10.8 Å². The zero-order valence-electron chi connectivity index (χ0n) is 11.0. The van der Waals surface area contributed by atoms with Gasteiger partial charge in [0, 0.05) is 36.9 Å². The molecule has 102 valence electrons. The molecule has 5 nitrogen and oxygen atoms in total. The molecule has 5 heteroatoms. The fraction of sp³-hybridized carbons (Fsp3) is 0.571. The van der Waals surface area contributed by atoms with Gasteiger partial charge in [0.05, 0.1) is 0 Å². The molecule has 19 heavy (non-hydrogen) atoms. The Hall–Kier alpha value is -1.62. The van der Waals surface area contributed by atoms with Crippen LogP contribution in [0.25, 0.3) is 0 Å². The third-order valence-electron chi connectivity index (χ3n) is 4.13. The van der Waals surface area contributed by atoms with Crippen LogP contribution in [0.15, 0.2) is 12.3 Å². The first-order valence-corrected chi connectivity index (χ1v) is 6.76. The topological polar surface area (TPSA) is 62.5 Å². The van der Waals surface area contributed by atoms with E-state index in [-0.39, 0.29) is 17.5 Å². The summed E-state index contributed by atoms with van der Waals surface area (Å²) in [6.07, 6.45) is 5.20. The third kappa shape index (κ3) is 2.30. The maximum Gasteiger partial charge on any atom is 0.352 e. The highest BCUT2D eigenvalue weighted by Gasteiger charge is 2.35. The van der Waals surface area contributed by atoms with Crippen molar-refractivity contribution < 1.29 is 14.7 Å². The summed E-state index contributed by atoms with van der Waals surface area (Å²) in [5, 5.41) is 9.26. The van der Waals surface area contributed by atoms with Crippen LogP contribution in [0, 0.1) is 0 Å². The molecule has 2 fully saturated rings. The van der Waals surface area contributed by atoms with Crippen LogP contribution in [0.2, 0.25) is 0 Å². The number of hydrogen-bond acceptors (Lipinski definition) is 3. The van der Waals surface area contributed by atoms with Crippen molar-refractivity contribution in [1.29, 1.82) is 0 Å². The summed E-state index contributed by atoms with van der Waals surface area (Å²) in [5.74, 6) is -1.05. The Labute approximate surface area is 111 Å².